The lowest BCUT2D eigenvalue weighted by Crippen LogP contribution is -2.43. The topological polar surface area (TPSA) is 104 Å². The number of aromatic nitrogens is 2. The van der Waals surface area contributed by atoms with Crippen LogP contribution >= 0.6 is 0 Å². The summed E-state index contributed by atoms with van der Waals surface area (Å²) in [6.07, 6.45) is 1.96. The Bertz CT molecular complexity index is 588. The standard InChI is InChI=1S/C13H25N5O2S/c1-10-11(8-14)12(17-16-10)21(19,20)15-9-13(2)4-6-18(3)7-5-13/h15H,4-9,14H2,1-3H3,(H,16,17). The van der Waals surface area contributed by atoms with Crippen LogP contribution in [-0.4, -0.2) is 50.2 Å². The van der Waals surface area contributed by atoms with Crippen molar-refractivity contribution in [2.24, 2.45) is 11.1 Å². The van der Waals surface area contributed by atoms with E-state index in [-0.39, 0.29) is 17.0 Å². The van der Waals surface area contributed by atoms with E-state index in [1.807, 2.05) is 0 Å². The number of nitrogens with two attached hydrogens (primary N) is 1. The van der Waals surface area contributed by atoms with Crippen molar-refractivity contribution in [1.29, 1.82) is 0 Å². The van der Waals surface area contributed by atoms with Crippen LogP contribution in [0.3, 0.4) is 0 Å². The SMILES string of the molecule is Cc1[nH]nc(S(=O)(=O)NCC2(C)CCN(C)CC2)c1CN. The summed E-state index contributed by atoms with van der Waals surface area (Å²) in [5, 5.41) is 6.61. The normalized spacial score (nSPS) is 19.8. The van der Waals surface area contributed by atoms with E-state index < -0.39 is 10.0 Å². The van der Waals surface area contributed by atoms with Gasteiger partial charge in [0.2, 0.25) is 0 Å². The quantitative estimate of drug-likeness (QED) is 0.719. The average molecular weight is 315 g/mol. The number of hydrogen-bond acceptors (Lipinski definition) is 5. The minimum atomic E-state index is -3.62. The van der Waals surface area contributed by atoms with E-state index >= 15 is 0 Å². The molecule has 2 heterocycles. The molecule has 0 aromatic carbocycles. The highest BCUT2D eigenvalue weighted by atomic mass is 32.2. The predicted molar refractivity (Wildman–Crippen MR) is 81.2 cm³/mol. The maximum absolute atomic E-state index is 12.4. The molecule has 0 aliphatic carbocycles. The molecule has 1 saturated heterocycles. The van der Waals surface area contributed by atoms with E-state index in [1.54, 1.807) is 6.92 Å². The molecule has 4 N–H and O–H groups in total. The van der Waals surface area contributed by atoms with E-state index in [9.17, 15) is 8.42 Å². The van der Waals surface area contributed by atoms with Crippen LogP contribution in [-0.2, 0) is 16.6 Å². The molecule has 0 bridgehead atoms. The van der Waals surface area contributed by atoms with Crippen molar-refractivity contribution in [1.82, 2.24) is 19.8 Å². The van der Waals surface area contributed by atoms with Crippen LogP contribution in [0, 0.1) is 12.3 Å². The van der Waals surface area contributed by atoms with Crippen molar-refractivity contribution in [2.75, 3.05) is 26.7 Å². The third-order valence-corrected chi connectivity index (χ3v) is 5.75. The third kappa shape index (κ3) is 3.63. The maximum Gasteiger partial charge on any atom is 0.260 e. The minimum Gasteiger partial charge on any atom is -0.326 e. The first-order chi connectivity index (χ1) is 9.77. The lowest BCUT2D eigenvalue weighted by Gasteiger charge is -2.37. The van der Waals surface area contributed by atoms with Gasteiger partial charge in [0.15, 0.2) is 5.03 Å². The van der Waals surface area contributed by atoms with Crippen molar-refractivity contribution < 1.29 is 8.42 Å². The lowest BCUT2D eigenvalue weighted by molar-refractivity contribution is 0.143. The van der Waals surface area contributed by atoms with Crippen LogP contribution in [0.15, 0.2) is 5.03 Å². The van der Waals surface area contributed by atoms with Crippen LogP contribution in [0.4, 0.5) is 0 Å². The number of nitrogens with one attached hydrogen (secondary N) is 2. The first kappa shape index (κ1) is 16.4. The summed E-state index contributed by atoms with van der Waals surface area (Å²) in [6, 6.07) is 0. The molecule has 120 valence electrons. The first-order valence-electron chi connectivity index (χ1n) is 7.19. The number of rotatable bonds is 5. The highest BCUT2D eigenvalue weighted by Crippen LogP contribution is 2.30. The van der Waals surface area contributed by atoms with Gasteiger partial charge in [-0.05, 0) is 45.3 Å². The fourth-order valence-corrected chi connectivity index (χ4v) is 3.97. The van der Waals surface area contributed by atoms with E-state index in [0.717, 1.165) is 25.9 Å². The molecule has 0 unspecified atom stereocenters. The second-order valence-corrected chi connectivity index (χ2v) is 7.96. The Hall–Kier alpha value is -0.960. The van der Waals surface area contributed by atoms with Crippen molar-refractivity contribution in [2.45, 2.75) is 38.3 Å². The highest BCUT2D eigenvalue weighted by molar-refractivity contribution is 7.89. The van der Waals surface area contributed by atoms with Crippen LogP contribution in [0.1, 0.15) is 31.0 Å². The number of hydrogen-bond donors (Lipinski definition) is 3. The maximum atomic E-state index is 12.4. The smallest absolute Gasteiger partial charge is 0.260 e. The van der Waals surface area contributed by atoms with Gasteiger partial charge >= 0.3 is 0 Å². The molecular weight excluding hydrogens is 290 g/mol. The minimum absolute atomic E-state index is 0.00614. The largest absolute Gasteiger partial charge is 0.326 e. The van der Waals surface area contributed by atoms with Crippen molar-refractivity contribution in [3.63, 3.8) is 0 Å². The van der Waals surface area contributed by atoms with Crippen molar-refractivity contribution >= 4 is 10.0 Å². The zero-order valence-electron chi connectivity index (χ0n) is 12.9. The van der Waals surface area contributed by atoms with Gasteiger partial charge in [0.1, 0.15) is 0 Å². The van der Waals surface area contributed by atoms with Gasteiger partial charge in [-0.1, -0.05) is 6.92 Å². The molecule has 2 rings (SSSR count). The van der Waals surface area contributed by atoms with Crippen LogP contribution in [0.5, 0.6) is 0 Å². The Balaban J connectivity index is 2.08. The molecule has 1 aromatic rings. The summed E-state index contributed by atoms with van der Waals surface area (Å²) in [6.45, 7) is 6.47. The molecule has 1 aliphatic rings. The summed E-state index contributed by atoms with van der Waals surface area (Å²) >= 11 is 0. The zero-order chi connectivity index (χ0) is 15.7. The monoisotopic (exact) mass is 315 g/mol. The van der Waals surface area contributed by atoms with Gasteiger partial charge < -0.3 is 10.6 Å². The summed E-state index contributed by atoms with van der Waals surface area (Å²) in [5.41, 5.74) is 6.86. The van der Waals surface area contributed by atoms with Crippen LogP contribution in [0.2, 0.25) is 0 Å². The Kier molecular flexibility index (Phi) is 4.72. The van der Waals surface area contributed by atoms with E-state index in [2.05, 4.69) is 33.8 Å². The second-order valence-electron chi connectivity index (χ2n) is 6.27. The molecule has 0 spiro atoms. The molecule has 8 heteroatoms. The second kappa shape index (κ2) is 6.04. The molecule has 0 amide bonds. The summed E-state index contributed by atoms with van der Waals surface area (Å²) in [4.78, 5) is 2.26. The van der Waals surface area contributed by atoms with E-state index in [4.69, 9.17) is 5.73 Å². The lowest BCUT2D eigenvalue weighted by atomic mass is 9.81. The molecule has 1 fully saturated rings. The molecule has 21 heavy (non-hydrogen) atoms. The summed E-state index contributed by atoms with van der Waals surface area (Å²) < 4.78 is 27.5. The number of aryl methyl sites for hydroxylation is 1. The Morgan fingerprint density at radius 3 is 2.62 bits per heavy atom. The molecule has 0 atom stereocenters. The first-order valence-corrected chi connectivity index (χ1v) is 8.68. The van der Waals surface area contributed by atoms with Crippen molar-refractivity contribution in [3.05, 3.63) is 11.3 Å². The van der Waals surface area contributed by atoms with Gasteiger partial charge in [-0.15, -0.1) is 0 Å². The molecule has 7 nitrogen and oxygen atoms in total. The third-order valence-electron chi connectivity index (χ3n) is 4.38. The number of aromatic amines is 1. The number of likely N-dealkylation sites (tertiary alicyclic amines) is 1. The van der Waals surface area contributed by atoms with Gasteiger partial charge in [-0.2, -0.15) is 5.10 Å². The van der Waals surface area contributed by atoms with Gasteiger partial charge in [-0.3, -0.25) is 5.10 Å². The molecule has 1 aromatic heterocycles. The number of nitrogens with zero attached hydrogens (tertiary/aromatic N) is 2. The van der Waals surface area contributed by atoms with Crippen LogP contribution in [0.25, 0.3) is 0 Å². The van der Waals surface area contributed by atoms with Gasteiger partial charge in [0, 0.05) is 24.3 Å². The van der Waals surface area contributed by atoms with Gasteiger partial charge in [-0.25, -0.2) is 13.1 Å². The number of piperidine rings is 1. The Labute approximate surface area is 126 Å². The van der Waals surface area contributed by atoms with E-state index in [0.29, 0.717) is 17.8 Å². The van der Waals surface area contributed by atoms with Crippen LogP contribution < -0.4 is 10.5 Å². The summed E-state index contributed by atoms with van der Waals surface area (Å²) in [5.74, 6) is 0. The zero-order valence-corrected chi connectivity index (χ0v) is 13.8. The summed E-state index contributed by atoms with van der Waals surface area (Å²) in [7, 11) is -1.53. The Morgan fingerprint density at radius 2 is 2.05 bits per heavy atom. The van der Waals surface area contributed by atoms with Gasteiger partial charge in [0.25, 0.3) is 10.0 Å². The Morgan fingerprint density at radius 1 is 1.43 bits per heavy atom. The number of sulfonamides is 1. The molecule has 0 radical (unpaired) electrons. The molecule has 0 saturated carbocycles. The fraction of sp³-hybridized carbons (Fsp3) is 0.769. The highest BCUT2D eigenvalue weighted by Gasteiger charge is 2.31. The number of H-pyrrole nitrogens is 1. The van der Waals surface area contributed by atoms with E-state index in [1.165, 1.54) is 0 Å². The van der Waals surface area contributed by atoms with Crippen molar-refractivity contribution in [3.8, 4) is 0 Å². The van der Waals surface area contributed by atoms with Gasteiger partial charge in [0.05, 0.1) is 0 Å². The fourth-order valence-electron chi connectivity index (χ4n) is 2.57. The molecular formula is C13H25N5O2S. The average Bonchev–Trinajstić information content (AvgIpc) is 2.82. The predicted octanol–water partition coefficient (Wildman–Crippen LogP) is 0.187. The molecule has 1 aliphatic heterocycles.